The van der Waals surface area contributed by atoms with E-state index in [1.807, 2.05) is 0 Å². The summed E-state index contributed by atoms with van der Waals surface area (Å²) < 4.78 is 0. The molecule has 1 saturated heterocycles. The fourth-order valence-electron chi connectivity index (χ4n) is 3.05. The van der Waals surface area contributed by atoms with Gasteiger partial charge in [-0.1, -0.05) is 68.5 Å². The van der Waals surface area contributed by atoms with Crippen LogP contribution in [0.2, 0.25) is 0 Å². The topological polar surface area (TPSA) is 15.3 Å². The third-order valence-electron chi connectivity index (χ3n) is 4.13. The minimum absolute atomic E-state index is 0.0527. The van der Waals surface area contributed by atoms with Crippen molar-refractivity contribution >= 4 is 0 Å². The fraction of sp³-hybridized carbons (Fsp3) is 0.474. The number of hydrazine groups is 1. The van der Waals surface area contributed by atoms with Gasteiger partial charge >= 0.3 is 0 Å². The summed E-state index contributed by atoms with van der Waals surface area (Å²) in [5.74, 6) is 0.716. The van der Waals surface area contributed by atoms with Crippen LogP contribution in [0, 0.1) is 5.92 Å². The van der Waals surface area contributed by atoms with Crippen LogP contribution in [-0.2, 0) is 5.54 Å². The maximum absolute atomic E-state index is 3.52. The minimum Gasteiger partial charge on any atom is -0.251 e. The van der Waals surface area contributed by atoms with Crippen LogP contribution in [0.15, 0.2) is 54.6 Å². The predicted molar refractivity (Wildman–Crippen MR) is 90.8 cm³/mol. The highest BCUT2D eigenvalue weighted by molar-refractivity contribution is 5.32. The summed E-state index contributed by atoms with van der Waals surface area (Å²) in [4.78, 5) is 0. The Hall–Kier alpha value is -1.38. The Labute approximate surface area is 129 Å². The van der Waals surface area contributed by atoms with Gasteiger partial charge in [-0.05, 0) is 31.2 Å². The number of nitrogens with zero attached hydrogens (tertiary/aromatic N) is 1. The molecule has 0 aromatic heterocycles. The van der Waals surface area contributed by atoms with Gasteiger partial charge in [0, 0.05) is 13.1 Å². The SMILES string of the molecule is CC(C)C/C=C\C=C\C1(c2ccccc2)CC(C)NN1C. The summed E-state index contributed by atoms with van der Waals surface area (Å²) in [6.07, 6.45) is 11.2. The summed E-state index contributed by atoms with van der Waals surface area (Å²) in [6, 6.07) is 11.2. The maximum Gasteiger partial charge on any atom is 0.0797 e. The van der Waals surface area contributed by atoms with Crippen LogP contribution in [0.25, 0.3) is 0 Å². The van der Waals surface area contributed by atoms with Crippen LogP contribution in [0.4, 0.5) is 0 Å². The maximum atomic E-state index is 3.52. The predicted octanol–water partition coefficient (Wildman–Crippen LogP) is 4.27. The molecule has 2 rings (SSSR count). The molecule has 1 heterocycles. The van der Waals surface area contributed by atoms with E-state index in [0.29, 0.717) is 12.0 Å². The lowest BCUT2D eigenvalue weighted by Crippen LogP contribution is -2.42. The van der Waals surface area contributed by atoms with Crippen molar-refractivity contribution in [3.8, 4) is 0 Å². The first-order valence-electron chi connectivity index (χ1n) is 7.94. The highest BCUT2D eigenvalue weighted by atomic mass is 15.6. The Morgan fingerprint density at radius 2 is 2.00 bits per heavy atom. The van der Waals surface area contributed by atoms with Crippen LogP contribution in [0.1, 0.15) is 39.2 Å². The molecule has 0 spiro atoms. The zero-order valence-electron chi connectivity index (χ0n) is 13.7. The standard InChI is InChI=1S/C19H28N2/c1-16(2)11-7-6-10-14-19(15-17(3)20-21(19)4)18-12-8-5-9-13-18/h5-10,12-14,16-17,20H,11,15H2,1-4H3/b7-6-,14-10+. The highest BCUT2D eigenvalue weighted by Gasteiger charge is 2.41. The first-order valence-corrected chi connectivity index (χ1v) is 7.94. The van der Waals surface area contributed by atoms with Crippen LogP contribution < -0.4 is 5.43 Å². The van der Waals surface area contributed by atoms with Crippen molar-refractivity contribution in [3.63, 3.8) is 0 Å². The quantitative estimate of drug-likeness (QED) is 0.812. The molecule has 114 valence electrons. The van der Waals surface area contributed by atoms with E-state index in [1.165, 1.54) is 5.56 Å². The van der Waals surface area contributed by atoms with Gasteiger partial charge in [-0.15, -0.1) is 0 Å². The van der Waals surface area contributed by atoms with Crippen molar-refractivity contribution in [1.82, 2.24) is 10.4 Å². The van der Waals surface area contributed by atoms with Gasteiger partial charge in [0.2, 0.25) is 0 Å². The molecule has 1 aromatic rings. The van der Waals surface area contributed by atoms with Gasteiger partial charge in [0.1, 0.15) is 0 Å². The molecule has 0 radical (unpaired) electrons. The van der Waals surface area contributed by atoms with E-state index in [9.17, 15) is 0 Å². The van der Waals surface area contributed by atoms with Crippen molar-refractivity contribution in [1.29, 1.82) is 0 Å². The molecule has 2 atom stereocenters. The molecule has 1 aromatic carbocycles. The molecule has 1 fully saturated rings. The molecule has 2 nitrogen and oxygen atoms in total. The zero-order chi connectivity index (χ0) is 15.3. The summed E-state index contributed by atoms with van der Waals surface area (Å²) in [7, 11) is 2.14. The molecule has 21 heavy (non-hydrogen) atoms. The smallest absolute Gasteiger partial charge is 0.0797 e. The molecular formula is C19H28N2. The van der Waals surface area contributed by atoms with Gasteiger partial charge in [-0.25, -0.2) is 5.01 Å². The van der Waals surface area contributed by atoms with E-state index < -0.39 is 0 Å². The average Bonchev–Trinajstić information content (AvgIpc) is 2.74. The molecule has 0 bridgehead atoms. The van der Waals surface area contributed by atoms with Crippen molar-refractivity contribution < 1.29 is 0 Å². The van der Waals surface area contributed by atoms with E-state index >= 15 is 0 Å². The Morgan fingerprint density at radius 1 is 1.29 bits per heavy atom. The zero-order valence-corrected chi connectivity index (χ0v) is 13.7. The number of hydrogen-bond donors (Lipinski definition) is 1. The largest absolute Gasteiger partial charge is 0.251 e. The highest BCUT2D eigenvalue weighted by Crippen LogP contribution is 2.37. The van der Waals surface area contributed by atoms with Crippen molar-refractivity contribution in [2.75, 3.05) is 7.05 Å². The number of nitrogens with one attached hydrogen (secondary N) is 1. The summed E-state index contributed by atoms with van der Waals surface area (Å²) >= 11 is 0. The number of allylic oxidation sites excluding steroid dienone is 3. The van der Waals surface area contributed by atoms with Gasteiger partial charge in [-0.3, -0.25) is 5.43 Å². The first kappa shape index (κ1) is 16.0. The number of hydrogen-bond acceptors (Lipinski definition) is 2. The number of rotatable bonds is 5. The van der Waals surface area contributed by atoms with Crippen LogP contribution in [0.5, 0.6) is 0 Å². The second-order valence-corrected chi connectivity index (χ2v) is 6.50. The van der Waals surface area contributed by atoms with Crippen LogP contribution >= 0.6 is 0 Å². The third-order valence-corrected chi connectivity index (χ3v) is 4.13. The molecule has 2 heteroatoms. The summed E-state index contributed by atoms with van der Waals surface area (Å²) in [6.45, 7) is 6.73. The molecular weight excluding hydrogens is 256 g/mol. The molecule has 0 amide bonds. The number of benzene rings is 1. The Morgan fingerprint density at radius 3 is 2.57 bits per heavy atom. The van der Waals surface area contributed by atoms with Gasteiger partial charge in [-0.2, -0.15) is 0 Å². The lowest BCUT2D eigenvalue weighted by molar-refractivity contribution is 0.169. The molecule has 0 saturated carbocycles. The van der Waals surface area contributed by atoms with E-state index in [4.69, 9.17) is 0 Å². The van der Waals surface area contributed by atoms with E-state index in [-0.39, 0.29) is 5.54 Å². The van der Waals surface area contributed by atoms with Gasteiger partial charge in [0.05, 0.1) is 5.54 Å². The van der Waals surface area contributed by atoms with Crippen LogP contribution in [0.3, 0.4) is 0 Å². The van der Waals surface area contributed by atoms with Crippen molar-refractivity contribution in [2.24, 2.45) is 5.92 Å². The lowest BCUT2D eigenvalue weighted by Gasteiger charge is -2.33. The van der Waals surface area contributed by atoms with Crippen molar-refractivity contribution in [2.45, 2.75) is 45.2 Å². The van der Waals surface area contributed by atoms with E-state index in [1.54, 1.807) is 0 Å². The fourth-order valence-corrected chi connectivity index (χ4v) is 3.05. The second-order valence-electron chi connectivity index (χ2n) is 6.50. The summed E-state index contributed by atoms with van der Waals surface area (Å²) in [5.41, 5.74) is 4.82. The monoisotopic (exact) mass is 284 g/mol. The van der Waals surface area contributed by atoms with Crippen LogP contribution in [-0.4, -0.2) is 18.1 Å². The normalized spacial score (nSPS) is 27.4. The third kappa shape index (κ3) is 3.84. The Bertz CT molecular complexity index is 490. The molecule has 0 aliphatic carbocycles. The molecule has 1 aliphatic rings. The Kier molecular flexibility index (Phi) is 5.38. The average molecular weight is 284 g/mol. The minimum atomic E-state index is -0.0527. The van der Waals surface area contributed by atoms with Gasteiger partial charge in [0.25, 0.3) is 0 Å². The van der Waals surface area contributed by atoms with E-state index in [2.05, 4.69) is 92.9 Å². The Balaban J connectivity index is 2.22. The molecule has 1 aliphatic heterocycles. The first-order chi connectivity index (χ1) is 10.0. The van der Waals surface area contributed by atoms with Crippen molar-refractivity contribution in [3.05, 3.63) is 60.2 Å². The molecule has 1 N–H and O–H groups in total. The lowest BCUT2D eigenvalue weighted by atomic mass is 9.85. The van der Waals surface area contributed by atoms with E-state index in [0.717, 1.165) is 12.8 Å². The molecule has 2 unspecified atom stereocenters. The van der Waals surface area contributed by atoms with Gasteiger partial charge < -0.3 is 0 Å². The summed E-state index contributed by atoms with van der Waals surface area (Å²) in [5, 5.41) is 2.25. The second kappa shape index (κ2) is 7.06. The van der Waals surface area contributed by atoms with Gasteiger partial charge in [0.15, 0.2) is 0 Å². The number of likely N-dealkylation sites (N-methyl/N-ethyl adjacent to an activating group) is 1.